The van der Waals surface area contributed by atoms with E-state index in [2.05, 4.69) is 33.5 Å². The lowest BCUT2D eigenvalue weighted by Gasteiger charge is -2.21. The molecule has 6 heteroatoms. The predicted octanol–water partition coefficient (Wildman–Crippen LogP) is 4.13. The van der Waals surface area contributed by atoms with Crippen molar-refractivity contribution in [3.05, 3.63) is 92.7 Å². The Kier molecular flexibility index (Phi) is 6.69. The molecule has 166 valence electrons. The molecule has 0 bridgehead atoms. The minimum absolute atomic E-state index is 0.124. The number of aromatic nitrogens is 2. The second-order valence-electron chi connectivity index (χ2n) is 8.27. The van der Waals surface area contributed by atoms with Crippen molar-refractivity contribution in [1.29, 1.82) is 0 Å². The molecule has 0 saturated carbocycles. The van der Waals surface area contributed by atoms with E-state index in [1.165, 1.54) is 30.0 Å². The maximum Gasteiger partial charge on any atom is 0.270 e. The molecule has 1 atom stereocenters. The number of methoxy groups -OCH3 is 1. The van der Waals surface area contributed by atoms with E-state index in [4.69, 9.17) is 4.74 Å². The van der Waals surface area contributed by atoms with E-state index in [9.17, 15) is 9.59 Å². The molecule has 1 aromatic heterocycles. The molecule has 0 saturated heterocycles. The Balaban J connectivity index is 1.51. The van der Waals surface area contributed by atoms with Crippen molar-refractivity contribution < 1.29 is 9.53 Å². The van der Waals surface area contributed by atoms with Gasteiger partial charge >= 0.3 is 0 Å². The van der Waals surface area contributed by atoms with Crippen LogP contribution >= 0.6 is 0 Å². The molecule has 6 nitrogen and oxygen atoms in total. The highest BCUT2D eigenvalue weighted by Gasteiger charge is 2.18. The van der Waals surface area contributed by atoms with Crippen LogP contribution in [0.1, 0.15) is 70.8 Å². The molecule has 1 amide bonds. The lowest BCUT2D eigenvalue weighted by molar-refractivity contribution is 0.0930. The second-order valence-corrected chi connectivity index (χ2v) is 8.27. The molecule has 1 aliphatic rings. The van der Waals surface area contributed by atoms with E-state index >= 15 is 0 Å². The highest BCUT2D eigenvalue weighted by Crippen LogP contribution is 2.26. The third kappa shape index (κ3) is 5.07. The molecule has 2 aromatic carbocycles. The molecule has 1 aliphatic carbocycles. The first kappa shape index (κ1) is 21.8. The molecule has 4 rings (SSSR count). The van der Waals surface area contributed by atoms with Crippen LogP contribution in [0.4, 0.5) is 0 Å². The number of carbonyl (C=O) groups is 1. The summed E-state index contributed by atoms with van der Waals surface area (Å²) >= 11 is 0. The first-order valence-corrected chi connectivity index (χ1v) is 11.2. The summed E-state index contributed by atoms with van der Waals surface area (Å²) in [6.45, 7) is 2.05. The summed E-state index contributed by atoms with van der Waals surface area (Å²) in [7, 11) is 1.61. The fourth-order valence-corrected chi connectivity index (χ4v) is 4.27. The van der Waals surface area contributed by atoms with Crippen LogP contribution < -0.4 is 15.6 Å². The standard InChI is InChI=1S/C26H29N3O3/c1-3-22(20-11-10-18-6-4-5-7-19(18)15-20)28-26(31)23-16-25(30)29-24(27-23)14-17-8-12-21(32-2)13-9-17/h8-13,15-16,22H,3-7,14H2,1-2H3,(H,28,31)(H,27,29,30). The van der Waals surface area contributed by atoms with Gasteiger partial charge in [-0.05, 0) is 66.5 Å². The molecule has 0 aliphatic heterocycles. The molecule has 0 fully saturated rings. The van der Waals surface area contributed by atoms with Gasteiger partial charge in [0.1, 0.15) is 17.3 Å². The molecular weight excluding hydrogens is 402 g/mol. The smallest absolute Gasteiger partial charge is 0.270 e. The number of hydrogen-bond donors (Lipinski definition) is 2. The number of nitrogens with zero attached hydrogens (tertiary/aromatic N) is 1. The number of aromatic amines is 1. The van der Waals surface area contributed by atoms with E-state index in [0.29, 0.717) is 12.2 Å². The van der Waals surface area contributed by atoms with Gasteiger partial charge in [0.15, 0.2) is 0 Å². The van der Waals surface area contributed by atoms with Gasteiger partial charge in [-0.25, -0.2) is 4.98 Å². The van der Waals surface area contributed by atoms with Crippen LogP contribution in [-0.2, 0) is 19.3 Å². The molecular formula is C26H29N3O3. The number of amides is 1. The van der Waals surface area contributed by atoms with Gasteiger partial charge in [-0.1, -0.05) is 37.3 Å². The first-order valence-electron chi connectivity index (χ1n) is 11.2. The van der Waals surface area contributed by atoms with Crippen LogP contribution in [0.2, 0.25) is 0 Å². The van der Waals surface area contributed by atoms with Gasteiger partial charge in [-0.2, -0.15) is 0 Å². The minimum Gasteiger partial charge on any atom is -0.497 e. The van der Waals surface area contributed by atoms with Gasteiger partial charge in [-0.15, -0.1) is 0 Å². The van der Waals surface area contributed by atoms with Crippen molar-refractivity contribution in [2.45, 2.75) is 51.5 Å². The molecule has 0 spiro atoms. The van der Waals surface area contributed by atoms with Gasteiger partial charge in [-0.3, -0.25) is 9.59 Å². The van der Waals surface area contributed by atoms with Gasteiger partial charge in [0.25, 0.3) is 11.5 Å². The Bertz CT molecular complexity index is 1150. The van der Waals surface area contributed by atoms with Crippen molar-refractivity contribution in [2.75, 3.05) is 7.11 Å². The van der Waals surface area contributed by atoms with E-state index in [1.54, 1.807) is 7.11 Å². The first-order chi connectivity index (χ1) is 15.6. The number of rotatable bonds is 7. The van der Waals surface area contributed by atoms with E-state index < -0.39 is 0 Å². The van der Waals surface area contributed by atoms with Crippen molar-refractivity contribution in [3.8, 4) is 5.75 Å². The zero-order chi connectivity index (χ0) is 22.5. The Hall–Kier alpha value is -3.41. The minimum atomic E-state index is -0.338. The topological polar surface area (TPSA) is 84.1 Å². The summed E-state index contributed by atoms with van der Waals surface area (Å²) in [5.74, 6) is 0.877. The number of carbonyl (C=O) groups excluding carboxylic acids is 1. The lowest BCUT2D eigenvalue weighted by atomic mass is 9.89. The van der Waals surface area contributed by atoms with Gasteiger partial charge in [0, 0.05) is 12.5 Å². The zero-order valence-corrected chi connectivity index (χ0v) is 18.6. The number of benzene rings is 2. The molecule has 2 N–H and O–H groups in total. The number of fused-ring (bicyclic) bond motifs is 1. The fourth-order valence-electron chi connectivity index (χ4n) is 4.27. The van der Waals surface area contributed by atoms with Crippen LogP contribution in [0.5, 0.6) is 5.75 Å². The number of aryl methyl sites for hydroxylation is 2. The third-order valence-electron chi connectivity index (χ3n) is 6.04. The number of hydrogen-bond acceptors (Lipinski definition) is 4. The number of nitrogens with one attached hydrogen (secondary N) is 2. The number of H-pyrrole nitrogens is 1. The quantitative estimate of drug-likeness (QED) is 0.589. The Morgan fingerprint density at radius 3 is 2.56 bits per heavy atom. The SMILES string of the molecule is CCC(NC(=O)c1cc(=O)[nH]c(Cc2ccc(OC)cc2)n1)c1ccc2c(c1)CCCC2. The fraction of sp³-hybridized carbons (Fsp3) is 0.346. The third-order valence-corrected chi connectivity index (χ3v) is 6.04. The van der Waals surface area contributed by atoms with E-state index in [0.717, 1.165) is 36.1 Å². The van der Waals surface area contributed by atoms with Crippen LogP contribution in [0.3, 0.4) is 0 Å². The molecule has 3 aromatic rings. The highest BCUT2D eigenvalue weighted by atomic mass is 16.5. The van der Waals surface area contributed by atoms with Crippen molar-refractivity contribution >= 4 is 5.91 Å². The average molecular weight is 432 g/mol. The van der Waals surface area contributed by atoms with Crippen LogP contribution in [0.15, 0.2) is 53.3 Å². The van der Waals surface area contributed by atoms with E-state index in [-0.39, 0.29) is 23.2 Å². The molecule has 32 heavy (non-hydrogen) atoms. The van der Waals surface area contributed by atoms with Crippen LogP contribution in [-0.4, -0.2) is 23.0 Å². The molecule has 1 heterocycles. The number of ether oxygens (including phenoxy) is 1. The monoisotopic (exact) mass is 431 g/mol. The second kappa shape index (κ2) is 9.81. The summed E-state index contributed by atoms with van der Waals surface area (Å²) in [6.07, 6.45) is 5.86. The Morgan fingerprint density at radius 2 is 1.84 bits per heavy atom. The maximum absolute atomic E-state index is 13.0. The van der Waals surface area contributed by atoms with Gasteiger partial charge in [0.05, 0.1) is 13.2 Å². The summed E-state index contributed by atoms with van der Waals surface area (Å²) in [4.78, 5) is 32.3. The van der Waals surface area contributed by atoms with Crippen LogP contribution in [0, 0.1) is 0 Å². The summed E-state index contributed by atoms with van der Waals surface area (Å²) in [6, 6.07) is 15.2. The van der Waals surface area contributed by atoms with Crippen molar-refractivity contribution in [3.63, 3.8) is 0 Å². The lowest BCUT2D eigenvalue weighted by Crippen LogP contribution is -2.30. The highest BCUT2D eigenvalue weighted by molar-refractivity contribution is 5.92. The molecule has 0 radical (unpaired) electrons. The zero-order valence-electron chi connectivity index (χ0n) is 18.6. The maximum atomic E-state index is 13.0. The van der Waals surface area contributed by atoms with Crippen LogP contribution in [0.25, 0.3) is 0 Å². The van der Waals surface area contributed by atoms with Gasteiger partial charge in [0.2, 0.25) is 0 Å². The normalized spacial score (nSPS) is 13.8. The summed E-state index contributed by atoms with van der Waals surface area (Å²) in [5, 5.41) is 3.07. The summed E-state index contributed by atoms with van der Waals surface area (Å²) < 4.78 is 5.18. The summed E-state index contributed by atoms with van der Waals surface area (Å²) in [5.41, 5.74) is 4.67. The van der Waals surface area contributed by atoms with Crippen molar-refractivity contribution in [1.82, 2.24) is 15.3 Å². The molecule has 1 unspecified atom stereocenters. The average Bonchev–Trinajstić information content (AvgIpc) is 2.82. The Labute approximate surface area is 188 Å². The van der Waals surface area contributed by atoms with E-state index in [1.807, 2.05) is 31.2 Å². The predicted molar refractivity (Wildman–Crippen MR) is 124 cm³/mol. The van der Waals surface area contributed by atoms with Crippen molar-refractivity contribution in [2.24, 2.45) is 0 Å². The largest absolute Gasteiger partial charge is 0.497 e. The van der Waals surface area contributed by atoms with Gasteiger partial charge < -0.3 is 15.0 Å². The Morgan fingerprint density at radius 1 is 1.09 bits per heavy atom.